The summed E-state index contributed by atoms with van der Waals surface area (Å²) in [4.78, 5) is 1.33. The SMILES string of the molecule is COc1ccc(CN2CCCN(S(=O)(=O)c3ccc(Cl)cc3C(F)(F)F)CC2)cc1. The number of rotatable bonds is 5. The molecular weight excluding hydrogens is 441 g/mol. The topological polar surface area (TPSA) is 49.9 Å². The highest BCUT2D eigenvalue weighted by molar-refractivity contribution is 7.89. The van der Waals surface area contributed by atoms with Crippen molar-refractivity contribution in [1.82, 2.24) is 9.21 Å². The molecule has 0 aromatic heterocycles. The first-order valence-corrected chi connectivity index (χ1v) is 11.2. The molecule has 5 nitrogen and oxygen atoms in total. The molecule has 0 spiro atoms. The Morgan fingerprint density at radius 1 is 1.03 bits per heavy atom. The Kier molecular flexibility index (Phi) is 6.96. The van der Waals surface area contributed by atoms with Gasteiger partial charge >= 0.3 is 6.18 Å². The van der Waals surface area contributed by atoms with Crippen molar-refractivity contribution < 1.29 is 26.3 Å². The molecule has 0 aliphatic carbocycles. The predicted octanol–water partition coefficient (Wildman–Crippen LogP) is 4.26. The van der Waals surface area contributed by atoms with Gasteiger partial charge in [-0.2, -0.15) is 17.5 Å². The van der Waals surface area contributed by atoms with Crippen molar-refractivity contribution in [1.29, 1.82) is 0 Å². The number of benzene rings is 2. The first kappa shape index (κ1) is 22.9. The van der Waals surface area contributed by atoms with Crippen LogP contribution in [0.4, 0.5) is 13.2 Å². The minimum absolute atomic E-state index is 0.110. The highest BCUT2D eigenvalue weighted by Crippen LogP contribution is 2.37. The quantitative estimate of drug-likeness (QED) is 0.666. The zero-order chi connectivity index (χ0) is 21.9. The fourth-order valence-corrected chi connectivity index (χ4v) is 5.26. The third kappa shape index (κ3) is 5.26. The summed E-state index contributed by atoms with van der Waals surface area (Å²) in [6, 6.07) is 10.3. The van der Waals surface area contributed by atoms with E-state index in [1.54, 1.807) is 7.11 Å². The van der Waals surface area contributed by atoms with Crippen LogP contribution in [-0.4, -0.2) is 50.9 Å². The summed E-state index contributed by atoms with van der Waals surface area (Å²) in [6.45, 7) is 1.94. The Labute approximate surface area is 179 Å². The van der Waals surface area contributed by atoms with E-state index in [-0.39, 0.29) is 18.1 Å². The van der Waals surface area contributed by atoms with Crippen LogP contribution in [-0.2, 0) is 22.7 Å². The molecule has 0 atom stereocenters. The van der Waals surface area contributed by atoms with Gasteiger partial charge in [0.15, 0.2) is 0 Å². The second kappa shape index (κ2) is 9.13. The number of hydrogen-bond acceptors (Lipinski definition) is 4. The first-order chi connectivity index (χ1) is 14.1. The van der Waals surface area contributed by atoms with Crippen LogP contribution in [0, 0.1) is 0 Å². The van der Waals surface area contributed by atoms with Crippen LogP contribution in [0.25, 0.3) is 0 Å². The predicted molar refractivity (Wildman–Crippen MR) is 108 cm³/mol. The van der Waals surface area contributed by atoms with Gasteiger partial charge in [0, 0.05) is 31.2 Å². The molecular formula is C20H22ClF3N2O3S. The number of sulfonamides is 1. The van der Waals surface area contributed by atoms with Gasteiger partial charge in [-0.3, -0.25) is 4.90 Å². The Bertz CT molecular complexity index is 982. The van der Waals surface area contributed by atoms with E-state index in [0.717, 1.165) is 27.8 Å². The number of methoxy groups -OCH3 is 1. The molecule has 1 saturated heterocycles. The second-order valence-corrected chi connectivity index (χ2v) is 9.36. The van der Waals surface area contributed by atoms with Gasteiger partial charge in [-0.05, 0) is 48.9 Å². The van der Waals surface area contributed by atoms with Gasteiger partial charge in [0.05, 0.1) is 17.6 Å². The van der Waals surface area contributed by atoms with Crippen LogP contribution in [0.5, 0.6) is 5.75 Å². The standard InChI is InChI=1S/C20H22ClF3N2O3S/c1-29-17-6-3-15(4-7-17)14-25-9-2-10-26(12-11-25)30(27,28)19-8-5-16(21)13-18(19)20(22,23)24/h3-8,13H,2,9-12,14H2,1H3. The third-order valence-electron chi connectivity index (χ3n) is 4.98. The fraction of sp³-hybridized carbons (Fsp3) is 0.400. The molecule has 0 N–H and O–H groups in total. The van der Waals surface area contributed by atoms with E-state index in [4.69, 9.17) is 16.3 Å². The molecule has 1 fully saturated rings. The van der Waals surface area contributed by atoms with Gasteiger partial charge in [-0.15, -0.1) is 0 Å². The summed E-state index contributed by atoms with van der Waals surface area (Å²) in [5, 5.41) is -0.164. The fourth-order valence-electron chi connectivity index (χ4n) is 3.42. The van der Waals surface area contributed by atoms with Crippen LogP contribution < -0.4 is 4.74 Å². The minimum atomic E-state index is -4.82. The van der Waals surface area contributed by atoms with Crippen LogP contribution >= 0.6 is 11.6 Å². The van der Waals surface area contributed by atoms with Crippen LogP contribution in [0.1, 0.15) is 17.5 Å². The lowest BCUT2D eigenvalue weighted by atomic mass is 10.2. The Hall–Kier alpha value is -1.81. The van der Waals surface area contributed by atoms with Crippen LogP contribution in [0.2, 0.25) is 5.02 Å². The van der Waals surface area contributed by atoms with E-state index < -0.39 is 26.7 Å². The van der Waals surface area contributed by atoms with E-state index in [1.165, 1.54) is 0 Å². The van der Waals surface area contributed by atoms with Crippen molar-refractivity contribution in [2.24, 2.45) is 0 Å². The average molecular weight is 463 g/mol. The van der Waals surface area contributed by atoms with Crippen molar-refractivity contribution in [2.75, 3.05) is 33.3 Å². The van der Waals surface area contributed by atoms with E-state index in [9.17, 15) is 21.6 Å². The number of nitrogens with zero attached hydrogens (tertiary/aromatic N) is 2. The normalized spacial score (nSPS) is 17.0. The summed E-state index contributed by atoms with van der Waals surface area (Å²) in [5.74, 6) is 0.746. The molecule has 3 rings (SSSR count). The highest BCUT2D eigenvalue weighted by Gasteiger charge is 2.39. The zero-order valence-electron chi connectivity index (χ0n) is 16.3. The first-order valence-electron chi connectivity index (χ1n) is 9.33. The molecule has 0 radical (unpaired) electrons. The maximum atomic E-state index is 13.4. The summed E-state index contributed by atoms with van der Waals surface area (Å²) < 4.78 is 72.5. The second-order valence-electron chi connectivity index (χ2n) is 7.02. The molecule has 30 heavy (non-hydrogen) atoms. The molecule has 0 unspecified atom stereocenters. The van der Waals surface area contributed by atoms with E-state index in [1.807, 2.05) is 24.3 Å². The number of halogens is 4. The van der Waals surface area contributed by atoms with Crippen molar-refractivity contribution >= 4 is 21.6 Å². The molecule has 0 saturated carbocycles. The van der Waals surface area contributed by atoms with E-state index in [2.05, 4.69) is 4.90 Å². The van der Waals surface area contributed by atoms with Gasteiger partial charge in [-0.25, -0.2) is 8.42 Å². The molecule has 2 aromatic rings. The van der Waals surface area contributed by atoms with Gasteiger partial charge in [0.2, 0.25) is 10.0 Å². The molecule has 2 aromatic carbocycles. The van der Waals surface area contributed by atoms with E-state index >= 15 is 0 Å². The summed E-state index contributed by atoms with van der Waals surface area (Å²) in [7, 11) is -2.72. The molecule has 1 aliphatic heterocycles. The molecule has 1 heterocycles. The average Bonchev–Trinajstić information content (AvgIpc) is 2.94. The smallest absolute Gasteiger partial charge is 0.417 e. The Morgan fingerprint density at radius 2 is 1.73 bits per heavy atom. The molecule has 0 bridgehead atoms. The highest BCUT2D eigenvalue weighted by atomic mass is 35.5. The van der Waals surface area contributed by atoms with Crippen LogP contribution in [0.15, 0.2) is 47.4 Å². The van der Waals surface area contributed by atoms with Crippen molar-refractivity contribution in [3.63, 3.8) is 0 Å². The summed E-state index contributed by atoms with van der Waals surface area (Å²) in [6.07, 6.45) is -4.30. The zero-order valence-corrected chi connectivity index (χ0v) is 17.9. The monoisotopic (exact) mass is 462 g/mol. The molecule has 1 aliphatic rings. The maximum Gasteiger partial charge on any atom is 0.417 e. The number of ether oxygens (including phenoxy) is 1. The molecule has 0 amide bonds. The van der Waals surface area contributed by atoms with Gasteiger partial charge in [0.1, 0.15) is 5.75 Å². The summed E-state index contributed by atoms with van der Waals surface area (Å²) in [5.41, 5.74) is -0.196. The van der Waals surface area contributed by atoms with Gasteiger partial charge in [-0.1, -0.05) is 23.7 Å². The Balaban J connectivity index is 1.76. The molecule has 164 valence electrons. The maximum absolute atomic E-state index is 13.4. The van der Waals surface area contributed by atoms with Crippen LogP contribution in [0.3, 0.4) is 0 Å². The van der Waals surface area contributed by atoms with Gasteiger partial charge < -0.3 is 4.74 Å². The summed E-state index contributed by atoms with van der Waals surface area (Å²) >= 11 is 5.68. The third-order valence-corrected chi connectivity index (χ3v) is 7.17. The van der Waals surface area contributed by atoms with Crippen molar-refractivity contribution in [2.45, 2.75) is 24.0 Å². The largest absolute Gasteiger partial charge is 0.497 e. The number of hydrogen-bond donors (Lipinski definition) is 0. The van der Waals surface area contributed by atoms with E-state index in [0.29, 0.717) is 32.1 Å². The minimum Gasteiger partial charge on any atom is -0.497 e. The molecule has 10 heteroatoms. The van der Waals surface area contributed by atoms with Crippen molar-refractivity contribution in [3.8, 4) is 5.75 Å². The van der Waals surface area contributed by atoms with Gasteiger partial charge in [0.25, 0.3) is 0 Å². The number of alkyl halides is 3. The lowest BCUT2D eigenvalue weighted by molar-refractivity contribution is -0.139. The lowest BCUT2D eigenvalue weighted by Gasteiger charge is -2.23. The van der Waals surface area contributed by atoms with Crippen molar-refractivity contribution in [3.05, 3.63) is 58.6 Å². The lowest BCUT2D eigenvalue weighted by Crippen LogP contribution is -2.36. The Morgan fingerprint density at radius 3 is 2.37 bits per heavy atom.